The fraction of sp³-hybridized carbons (Fsp3) is 0.160. The van der Waals surface area contributed by atoms with Crippen molar-refractivity contribution in [2.45, 2.75) is 25.2 Å². The number of allylic oxidation sites excluding steroid dienone is 1. The zero-order valence-electron chi connectivity index (χ0n) is 19.1. The number of carbonyl (C=O) groups excluding carboxylic acids is 2. The number of hydrogen-bond donors (Lipinski definition) is 2. The standard InChI is InChI=1S/C25H24N6O2S2/c1-3-13-31-21(14-26-23(33)19-11-9-17(2)10-12-19)29-30-25(31)35-16-22(32)28-24-27-20(15-34-24)18-7-5-4-6-8-18/h3-12,15H,1,13-14,16H2,2H3,(H,26,33)(H,27,28,32). The highest BCUT2D eigenvalue weighted by molar-refractivity contribution is 7.99. The molecule has 2 aromatic carbocycles. The molecule has 0 atom stereocenters. The number of amides is 2. The van der Waals surface area contributed by atoms with E-state index >= 15 is 0 Å². The van der Waals surface area contributed by atoms with Gasteiger partial charge in [-0.3, -0.25) is 9.59 Å². The Hall–Kier alpha value is -3.76. The number of rotatable bonds is 10. The molecule has 2 amide bonds. The molecule has 0 aliphatic rings. The average Bonchev–Trinajstić information content (AvgIpc) is 3.49. The first kappa shape index (κ1) is 24.4. The van der Waals surface area contributed by atoms with Gasteiger partial charge in [0.2, 0.25) is 5.91 Å². The maximum atomic E-state index is 12.5. The van der Waals surface area contributed by atoms with E-state index in [-0.39, 0.29) is 24.1 Å². The number of aromatic nitrogens is 4. The molecule has 8 nitrogen and oxygen atoms in total. The first-order valence-corrected chi connectivity index (χ1v) is 12.7. The predicted molar refractivity (Wildman–Crippen MR) is 139 cm³/mol. The summed E-state index contributed by atoms with van der Waals surface area (Å²) in [6.45, 7) is 6.43. The molecule has 2 N–H and O–H groups in total. The Kier molecular flexibility index (Phi) is 8.07. The highest BCUT2D eigenvalue weighted by Crippen LogP contribution is 2.25. The molecule has 0 radical (unpaired) electrons. The number of carbonyl (C=O) groups is 2. The molecule has 4 aromatic rings. The predicted octanol–water partition coefficient (Wildman–Crippen LogP) is 4.56. The van der Waals surface area contributed by atoms with Gasteiger partial charge in [-0.15, -0.1) is 28.1 Å². The second kappa shape index (κ2) is 11.6. The van der Waals surface area contributed by atoms with Crippen LogP contribution in [-0.4, -0.2) is 37.3 Å². The van der Waals surface area contributed by atoms with E-state index < -0.39 is 0 Å². The summed E-state index contributed by atoms with van der Waals surface area (Å²) in [7, 11) is 0. The van der Waals surface area contributed by atoms with Gasteiger partial charge in [0.25, 0.3) is 5.91 Å². The van der Waals surface area contributed by atoms with E-state index in [2.05, 4.69) is 32.4 Å². The molecule has 0 aliphatic heterocycles. The van der Waals surface area contributed by atoms with Gasteiger partial charge in [-0.1, -0.05) is 65.9 Å². The van der Waals surface area contributed by atoms with E-state index in [1.54, 1.807) is 18.2 Å². The van der Waals surface area contributed by atoms with Crippen molar-refractivity contribution in [3.8, 4) is 11.3 Å². The van der Waals surface area contributed by atoms with Crippen molar-refractivity contribution >= 4 is 40.0 Å². The maximum absolute atomic E-state index is 12.5. The number of aryl methyl sites for hydroxylation is 1. The highest BCUT2D eigenvalue weighted by atomic mass is 32.2. The van der Waals surface area contributed by atoms with Gasteiger partial charge in [-0.25, -0.2) is 4.98 Å². The third-order valence-electron chi connectivity index (χ3n) is 4.98. The molecule has 2 heterocycles. The van der Waals surface area contributed by atoms with Crippen LogP contribution in [0.5, 0.6) is 0 Å². The minimum absolute atomic E-state index is 0.144. The summed E-state index contributed by atoms with van der Waals surface area (Å²) in [6.07, 6.45) is 1.72. The van der Waals surface area contributed by atoms with Crippen LogP contribution in [0.25, 0.3) is 11.3 Å². The van der Waals surface area contributed by atoms with Crippen molar-refractivity contribution in [1.29, 1.82) is 0 Å². The van der Waals surface area contributed by atoms with E-state index in [1.165, 1.54) is 23.1 Å². The quantitative estimate of drug-likeness (QED) is 0.243. The monoisotopic (exact) mass is 504 g/mol. The molecule has 4 rings (SSSR count). The lowest BCUT2D eigenvalue weighted by Crippen LogP contribution is -2.24. The maximum Gasteiger partial charge on any atom is 0.251 e. The van der Waals surface area contributed by atoms with E-state index in [1.807, 2.05) is 59.3 Å². The fourth-order valence-corrected chi connectivity index (χ4v) is 4.70. The summed E-state index contributed by atoms with van der Waals surface area (Å²) >= 11 is 2.64. The van der Waals surface area contributed by atoms with Gasteiger partial charge < -0.3 is 15.2 Å². The summed E-state index contributed by atoms with van der Waals surface area (Å²) in [5.41, 5.74) is 3.48. The van der Waals surface area contributed by atoms with E-state index in [9.17, 15) is 9.59 Å². The van der Waals surface area contributed by atoms with Crippen LogP contribution in [0.4, 0.5) is 5.13 Å². The number of thioether (sulfide) groups is 1. The van der Waals surface area contributed by atoms with Crippen LogP contribution in [0.3, 0.4) is 0 Å². The Balaban J connectivity index is 1.34. The zero-order valence-corrected chi connectivity index (χ0v) is 20.7. The number of thiazole rings is 1. The minimum Gasteiger partial charge on any atom is -0.345 e. The lowest BCUT2D eigenvalue weighted by atomic mass is 10.1. The Morgan fingerprint density at radius 3 is 2.63 bits per heavy atom. The van der Waals surface area contributed by atoms with Gasteiger partial charge in [-0.2, -0.15) is 0 Å². The molecule has 10 heteroatoms. The summed E-state index contributed by atoms with van der Waals surface area (Å²) in [6, 6.07) is 17.1. The third-order valence-corrected chi connectivity index (χ3v) is 6.70. The van der Waals surface area contributed by atoms with Crippen molar-refractivity contribution in [3.63, 3.8) is 0 Å². The zero-order chi connectivity index (χ0) is 24.6. The van der Waals surface area contributed by atoms with Gasteiger partial charge in [0, 0.05) is 23.1 Å². The highest BCUT2D eigenvalue weighted by Gasteiger charge is 2.16. The van der Waals surface area contributed by atoms with Crippen LogP contribution in [0.1, 0.15) is 21.7 Å². The lowest BCUT2D eigenvalue weighted by Gasteiger charge is -2.09. The lowest BCUT2D eigenvalue weighted by molar-refractivity contribution is -0.113. The Bertz CT molecular complexity index is 1320. The molecule has 0 bridgehead atoms. The second-order valence-corrected chi connectivity index (χ2v) is 9.39. The van der Waals surface area contributed by atoms with Gasteiger partial charge >= 0.3 is 0 Å². The number of nitrogens with one attached hydrogen (secondary N) is 2. The first-order valence-electron chi connectivity index (χ1n) is 10.8. The molecule has 0 unspecified atom stereocenters. The topological polar surface area (TPSA) is 102 Å². The Labute approximate surface area is 211 Å². The number of hydrogen-bond acceptors (Lipinski definition) is 7. The molecule has 178 valence electrons. The summed E-state index contributed by atoms with van der Waals surface area (Å²) < 4.78 is 1.83. The van der Waals surface area contributed by atoms with Gasteiger partial charge in [0.15, 0.2) is 16.1 Å². The Morgan fingerprint density at radius 2 is 1.89 bits per heavy atom. The smallest absolute Gasteiger partial charge is 0.251 e. The van der Waals surface area contributed by atoms with E-state index in [4.69, 9.17) is 0 Å². The van der Waals surface area contributed by atoms with Gasteiger partial charge in [-0.05, 0) is 19.1 Å². The number of anilines is 1. The molecule has 2 aromatic heterocycles. The summed E-state index contributed by atoms with van der Waals surface area (Å²) in [4.78, 5) is 29.4. The molecule has 0 spiro atoms. The Morgan fingerprint density at radius 1 is 1.11 bits per heavy atom. The molecule has 0 aliphatic carbocycles. The molecular weight excluding hydrogens is 480 g/mol. The molecule has 0 fully saturated rings. The van der Waals surface area contributed by atoms with Crippen molar-refractivity contribution in [2.24, 2.45) is 0 Å². The average molecular weight is 505 g/mol. The molecular formula is C25H24N6O2S2. The van der Waals surface area contributed by atoms with Crippen LogP contribution < -0.4 is 10.6 Å². The van der Waals surface area contributed by atoms with Crippen molar-refractivity contribution in [1.82, 2.24) is 25.1 Å². The van der Waals surface area contributed by atoms with Gasteiger partial charge in [0.05, 0.1) is 18.0 Å². The van der Waals surface area contributed by atoms with Gasteiger partial charge in [0.1, 0.15) is 0 Å². The fourth-order valence-electron chi connectivity index (χ4n) is 3.19. The molecule has 35 heavy (non-hydrogen) atoms. The van der Waals surface area contributed by atoms with Crippen molar-refractivity contribution in [2.75, 3.05) is 11.1 Å². The molecule has 0 saturated carbocycles. The van der Waals surface area contributed by atoms with Crippen LogP contribution in [0.15, 0.2) is 77.8 Å². The SMILES string of the molecule is C=CCn1c(CNC(=O)c2ccc(C)cc2)nnc1SCC(=O)Nc1nc(-c2ccccc2)cs1. The van der Waals surface area contributed by atoms with Crippen LogP contribution in [0, 0.1) is 6.92 Å². The van der Waals surface area contributed by atoms with Crippen LogP contribution >= 0.6 is 23.1 Å². The van der Waals surface area contributed by atoms with E-state index in [0.717, 1.165) is 16.8 Å². The largest absolute Gasteiger partial charge is 0.345 e. The summed E-state index contributed by atoms with van der Waals surface area (Å²) in [5, 5.41) is 17.1. The first-order chi connectivity index (χ1) is 17.0. The number of nitrogens with zero attached hydrogens (tertiary/aromatic N) is 4. The van der Waals surface area contributed by atoms with Crippen LogP contribution in [-0.2, 0) is 17.9 Å². The third kappa shape index (κ3) is 6.43. The van der Waals surface area contributed by atoms with Crippen molar-refractivity contribution in [3.05, 3.63) is 89.6 Å². The van der Waals surface area contributed by atoms with E-state index in [0.29, 0.717) is 28.2 Å². The number of benzene rings is 2. The normalized spacial score (nSPS) is 10.7. The molecule has 0 saturated heterocycles. The summed E-state index contributed by atoms with van der Waals surface area (Å²) in [5.74, 6) is 0.350. The van der Waals surface area contributed by atoms with Crippen molar-refractivity contribution < 1.29 is 9.59 Å². The van der Waals surface area contributed by atoms with Crippen LogP contribution in [0.2, 0.25) is 0 Å². The minimum atomic E-state index is -0.190. The second-order valence-electron chi connectivity index (χ2n) is 7.59.